The van der Waals surface area contributed by atoms with Crippen molar-refractivity contribution in [2.45, 2.75) is 12.8 Å². The first-order valence-corrected chi connectivity index (χ1v) is 6.57. The highest BCUT2D eigenvalue weighted by Crippen LogP contribution is 2.27. The first kappa shape index (κ1) is 13.7. The number of piperidine rings is 1. The maximum atomic E-state index is 12.5. The Bertz CT molecular complexity index is 458. The number of benzene rings is 1. The molecule has 0 bridgehead atoms. The van der Waals surface area contributed by atoms with Crippen LogP contribution in [0.4, 0.5) is 0 Å². The fraction of sp³-hybridized carbons (Fsp3) is 0.467. The number of carbonyl (C=O) groups is 2. The molecule has 1 aliphatic heterocycles. The number of ketones is 1. The van der Waals surface area contributed by atoms with Crippen LogP contribution in [0.1, 0.15) is 18.4 Å². The maximum Gasteiger partial charge on any atom is 0.317 e. The number of likely N-dealkylation sites (N-methyl/N-ethyl adjacent to an activating group) is 1. The van der Waals surface area contributed by atoms with Crippen molar-refractivity contribution in [2.75, 3.05) is 26.7 Å². The largest absolute Gasteiger partial charge is 0.465 e. The van der Waals surface area contributed by atoms with Gasteiger partial charge in [0.15, 0.2) is 5.78 Å². The second-order valence-electron chi connectivity index (χ2n) is 4.89. The number of rotatable bonds is 3. The number of esters is 1. The summed E-state index contributed by atoms with van der Waals surface area (Å²) in [5.74, 6) is -1.33. The summed E-state index contributed by atoms with van der Waals surface area (Å²) in [7, 11) is 1.93. The normalized spacial score (nSPS) is 24.2. The van der Waals surface area contributed by atoms with Crippen LogP contribution in [0.5, 0.6) is 0 Å². The van der Waals surface area contributed by atoms with Crippen LogP contribution < -0.4 is 0 Å². The fourth-order valence-corrected chi connectivity index (χ4v) is 2.51. The Labute approximate surface area is 113 Å². The number of likely N-dealkylation sites (tertiary alicyclic amines) is 1. The molecule has 0 radical (unpaired) electrons. The molecular weight excluding hydrogens is 242 g/mol. The van der Waals surface area contributed by atoms with Gasteiger partial charge < -0.3 is 9.64 Å². The summed E-state index contributed by atoms with van der Waals surface area (Å²) in [5.41, 5.74) is 0.966. The van der Waals surface area contributed by atoms with E-state index in [0.29, 0.717) is 19.7 Å². The predicted molar refractivity (Wildman–Crippen MR) is 71.8 cm³/mol. The van der Waals surface area contributed by atoms with Gasteiger partial charge in [-0.3, -0.25) is 9.59 Å². The second kappa shape index (κ2) is 5.97. The highest BCUT2D eigenvalue weighted by Gasteiger charge is 2.39. The molecule has 2 rings (SSSR count). The minimum Gasteiger partial charge on any atom is -0.465 e. The number of nitrogens with zero attached hydrogens (tertiary/aromatic N) is 1. The summed E-state index contributed by atoms with van der Waals surface area (Å²) in [6.45, 7) is 3.16. The van der Waals surface area contributed by atoms with E-state index in [2.05, 4.69) is 0 Å². The zero-order valence-corrected chi connectivity index (χ0v) is 11.3. The highest BCUT2D eigenvalue weighted by atomic mass is 16.5. The van der Waals surface area contributed by atoms with Gasteiger partial charge in [0, 0.05) is 13.1 Å². The Kier molecular flexibility index (Phi) is 4.32. The van der Waals surface area contributed by atoms with Crippen molar-refractivity contribution in [3.05, 3.63) is 35.9 Å². The van der Waals surface area contributed by atoms with Gasteiger partial charge in [-0.05, 0) is 19.5 Å². The second-order valence-corrected chi connectivity index (χ2v) is 4.89. The summed E-state index contributed by atoms with van der Waals surface area (Å²) in [6.07, 6.45) is 0. The summed E-state index contributed by atoms with van der Waals surface area (Å²) in [6, 6.07) is 9.62. The van der Waals surface area contributed by atoms with E-state index in [1.165, 1.54) is 0 Å². The van der Waals surface area contributed by atoms with E-state index in [-0.39, 0.29) is 11.7 Å². The molecule has 0 aromatic heterocycles. The quantitative estimate of drug-likeness (QED) is 0.610. The first-order chi connectivity index (χ1) is 9.13. The van der Waals surface area contributed by atoms with E-state index in [4.69, 9.17) is 4.74 Å². The molecule has 1 aromatic rings. The van der Waals surface area contributed by atoms with Gasteiger partial charge in [0.05, 0.1) is 12.5 Å². The van der Waals surface area contributed by atoms with Crippen molar-refractivity contribution in [1.29, 1.82) is 0 Å². The van der Waals surface area contributed by atoms with Gasteiger partial charge in [0.2, 0.25) is 0 Å². The SMILES string of the molecule is CCOC(=O)C1CN(C)CC(c2ccccc2)C1=O. The molecule has 0 saturated carbocycles. The first-order valence-electron chi connectivity index (χ1n) is 6.57. The van der Waals surface area contributed by atoms with Gasteiger partial charge in [0.25, 0.3) is 0 Å². The van der Waals surface area contributed by atoms with Crippen molar-refractivity contribution in [3.8, 4) is 0 Å². The van der Waals surface area contributed by atoms with Gasteiger partial charge in [-0.1, -0.05) is 30.3 Å². The number of ether oxygens (including phenoxy) is 1. The number of hydrogen-bond acceptors (Lipinski definition) is 4. The molecule has 0 aliphatic carbocycles. The minimum absolute atomic E-state index is 0.0252. The molecule has 1 aliphatic rings. The zero-order valence-electron chi connectivity index (χ0n) is 11.3. The van der Waals surface area contributed by atoms with E-state index in [1.54, 1.807) is 6.92 Å². The Morgan fingerprint density at radius 3 is 2.63 bits per heavy atom. The van der Waals surface area contributed by atoms with Gasteiger partial charge in [0.1, 0.15) is 5.92 Å². The smallest absolute Gasteiger partial charge is 0.317 e. The van der Waals surface area contributed by atoms with Gasteiger partial charge >= 0.3 is 5.97 Å². The molecule has 102 valence electrons. The Morgan fingerprint density at radius 1 is 1.32 bits per heavy atom. The third kappa shape index (κ3) is 3.01. The lowest BCUT2D eigenvalue weighted by Gasteiger charge is -2.33. The summed E-state index contributed by atoms with van der Waals surface area (Å²) in [4.78, 5) is 26.3. The van der Waals surface area contributed by atoms with Crippen molar-refractivity contribution in [2.24, 2.45) is 5.92 Å². The molecule has 4 nitrogen and oxygen atoms in total. The van der Waals surface area contributed by atoms with Crippen LogP contribution in [0.15, 0.2) is 30.3 Å². The molecule has 1 saturated heterocycles. The molecule has 1 aromatic carbocycles. The number of carbonyl (C=O) groups excluding carboxylic acids is 2. The Morgan fingerprint density at radius 2 is 2.00 bits per heavy atom. The predicted octanol–water partition coefficient (Wildman–Crippen LogP) is 1.46. The standard InChI is InChI=1S/C15H19NO3/c1-3-19-15(18)13-10-16(2)9-12(14(13)17)11-7-5-4-6-8-11/h4-8,12-13H,3,9-10H2,1-2H3. The third-order valence-electron chi connectivity index (χ3n) is 3.45. The highest BCUT2D eigenvalue weighted by molar-refractivity contribution is 6.03. The van der Waals surface area contributed by atoms with Crippen molar-refractivity contribution in [3.63, 3.8) is 0 Å². The Hall–Kier alpha value is -1.68. The van der Waals surface area contributed by atoms with E-state index in [9.17, 15) is 9.59 Å². The lowest BCUT2D eigenvalue weighted by atomic mass is 9.83. The monoisotopic (exact) mass is 261 g/mol. The molecule has 19 heavy (non-hydrogen) atoms. The van der Waals surface area contributed by atoms with Crippen LogP contribution in [0.25, 0.3) is 0 Å². The molecular formula is C15H19NO3. The van der Waals surface area contributed by atoms with Crippen LogP contribution in [0.2, 0.25) is 0 Å². The van der Waals surface area contributed by atoms with Crippen LogP contribution >= 0.6 is 0 Å². The van der Waals surface area contributed by atoms with E-state index < -0.39 is 11.9 Å². The third-order valence-corrected chi connectivity index (χ3v) is 3.45. The number of Topliss-reactive ketones (excluding diaryl/α,β-unsaturated/α-hetero) is 1. The molecule has 4 heteroatoms. The van der Waals surface area contributed by atoms with Crippen LogP contribution in [-0.2, 0) is 14.3 Å². The molecule has 2 atom stereocenters. The maximum absolute atomic E-state index is 12.5. The van der Waals surface area contributed by atoms with Crippen LogP contribution in [0, 0.1) is 5.92 Å². The zero-order chi connectivity index (χ0) is 13.8. The summed E-state index contributed by atoms with van der Waals surface area (Å²) in [5, 5.41) is 0. The van der Waals surface area contributed by atoms with Crippen LogP contribution in [0.3, 0.4) is 0 Å². The lowest BCUT2D eigenvalue weighted by Crippen LogP contribution is -2.47. The lowest BCUT2D eigenvalue weighted by molar-refractivity contribution is -0.154. The Balaban J connectivity index is 2.21. The molecule has 1 heterocycles. The molecule has 1 fully saturated rings. The van der Waals surface area contributed by atoms with E-state index in [0.717, 1.165) is 5.56 Å². The molecule has 2 unspecified atom stereocenters. The van der Waals surface area contributed by atoms with Gasteiger partial charge in [-0.25, -0.2) is 0 Å². The van der Waals surface area contributed by atoms with Crippen molar-refractivity contribution >= 4 is 11.8 Å². The molecule has 0 spiro atoms. The minimum atomic E-state index is -0.663. The number of hydrogen-bond donors (Lipinski definition) is 0. The summed E-state index contributed by atoms with van der Waals surface area (Å²) >= 11 is 0. The van der Waals surface area contributed by atoms with Gasteiger partial charge in [-0.15, -0.1) is 0 Å². The summed E-state index contributed by atoms with van der Waals surface area (Å²) < 4.78 is 5.00. The van der Waals surface area contributed by atoms with E-state index in [1.807, 2.05) is 42.3 Å². The molecule has 0 N–H and O–H groups in total. The average molecular weight is 261 g/mol. The molecule has 0 amide bonds. The average Bonchev–Trinajstić information content (AvgIpc) is 2.42. The van der Waals surface area contributed by atoms with Gasteiger partial charge in [-0.2, -0.15) is 0 Å². The van der Waals surface area contributed by atoms with E-state index >= 15 is 0 Å². The van der Waals surface area contributed by atoms with Crippen molar-refractivity contribution in [1.82, 2.24) is 4.90 Å². The topological polar surface area (TPSA) is 46.6 Å². The van der Waals surface area contributed by atoms with Crippen LogP contribution in [-0.4, -0.2) is 43.4 Å². The van der Waals surface area contributed by atoms with Crippen molar-refractivity contribution < 1.29 is 14.3 Å². The fourth-order valence-electron chi connectivity index (χ4n) is 2.51.